The standard InChI is InChI=1S/C10H9F3O2/c11-10(12,13)7-15-9(14)6-8-4-2-1-3-5-8/h1-5H,6-7H2. The lowest BCUT2D eigenvalue weighted by Gasteiger charge is -2.07. The SMILES string of the molecule is O=C(Cc1ccccc1)OCC(F)(F)F. The largest absolute Gasteiger partial charge is 0.456 e. The molecule has 0 atom stereocenters. The van der Waals surface area contributed by atoms with Crippen LogP contribution < -0.4 is 0 Å². The van der Waals surface area contributed by atoms with Crippen molar-refractivity contribution in [1.29, 1.82) is 0 Å². The van der Waals surface area contributed by atoms with Crippen molar-refractivity contribution in [3.63, 3.8) is 0 Å². The Hall–Kier alpha value is -1.52. The third-order valence-corrected chi connectivity index (χ3v) is 1.59. The summed E-state index contributed by atoms with van der Waals surface area (Å²) in [6.45, 7) is -1.53. The fraction of sp³-hybridized carbons (Fsp3) is 0.300. The number of halogens is 3. The number of esters is 1. The van der Waals surface area contributed by atoms with Crippen LogP contribution in [-0.2, 0) is 16.0 Å². The van der Waals surface area contributed by atoms with Gasteiger partial charge in [-0.3, -0.25) is 4.79 Å². The number of carbonyl (C=O) groups excluding carboxylic acids is 1. The molecule has 0 N–H and O–H groups in total. The Bertz CT molecular complexity index is 319. The van der Waals surface area contributed by atoms with Crippen LogP contribution in [0.2, 0.25) is 0 Å². The number of alkyl halides is 3. The molecule has 0 unspecified atom stereocenters. The molecule has 0 bridgehead atoms. The molecule has 0 radical (unpaired) electrons. The van der Waals surface area contributed by atoms with Crippen molar-refractivity contribution in [3.05, 3.63) is 35.9 Å². The summed E-state index contributed by atoms with van der Waals surface area (Å²) in [5.41, 5.74) is 0.629. The lowest BCUT2D eigenvalue weighted by atomic mass is 10.2. The molecule has 0 heterocycles. The summed E-state index contributed by atoms with van der Waals surface area (Å²) < 4.78 is 39.1. The van der Waals surface area contributed by atoms with Gasteiger partial charge in [-0.2, -0.15) is 13.2 Å². The van der Waals surface area contributed by atoms with Gasteiger partial charge in [-0.25, -0.2) is 0 Å². The zero-order valence-electron chi connectivity index (χ0n) is 7.75. The Morgan fingerprint density at radius 3 is 2.33 bits per heavy atom. The predicted molar refractivity (Wildman–Crippen MR) is 47.2 cm³/mol. The lowest BCUT2D eigenvalue weighted by Crippen LogP contribution is -2.21. The molecular formula is C10H9F3O2. The summed E-state index contributed by atoms with van der Waals surface area (Å²) >= 11 is 0. The van der Waals surface area contributed by atoms with E-state index < -0.39 is 18.8 Å². The van der Waals surface area contributed by atoms with Crippen LogP contribution >= 0.6 is 0 Å². The van der Waals surface area contributed by atoms with E-state index in [0.29, 0.717) is 5.56 Å². The zero-order valence-corrected chi connectivity index (χ0v) is 7.75. The molecule has 1 rings (SSSR count). The Kier molecular flexibility index (Phi) is 3.71. The molecule has 0 saturated heterocycles. The van der Waals surface area contributed by atoms with E-state index in [4.69, 9.17) is 0 Å². The third kappa shape index (κ3) is 5.05. The fourth-order valence-electron chi connectivity index (χ4n) is 0.976. The second-order valence-corrected chi connectivity index (χ2v) is 2.94. The highest BCUT2D eigenvalue weighted by molar-refractivity contribution is 5.72. The first-order chi connectivity index (χ1) is 6.97. The van der Waals surface area contributed by atoms with Crippen LogP contribution in [0.1, 0.15) is 5.56 Å². The summed E-state index contributed by atoms with van der Waals surface area (Å²) in [6, 6.07) is 8.45. The van der Waals surface area contributed by atoms with Crippen molar-refractivity contribution in [2.75, 3.05) is 6.61 Å². The van der Waals surface area contributed by atoms with E-state index in [9.17, 15) is 18.0 Å². The van der Waals surface area contributed by atoms with Crippen LogP contribution in [0, 0.1) is 0 Å². The molecule has 0 fully saturated rings. The van der Waals surface area contributed by atoms with Crippen LogP contribution in [0.4, 0.5) is 13.2 Å². The molecule has 0 aliphatic heterocycles. The molecule has 5 heteroatoms. The topological polar surface area (TPSA) is 26.3 Å². The first-order valence-corrected chi connectivity index (χ1v) is 4.24. The van der Waals surface area contributed by atoms with Gasteiger partial charge in [-0.05, 0) is 5.56 Å². The maximum Gasteiger partial charge on any atom is 0.422 e. The molecule has 15 heavy (non-hydrogen) atoms. The smallest absolute Gasteiger partial charge is 0.422 e. The molecular weight excluding hydrogens is 209 g/mol. The Labute approximate surface area is 84.7 Å². The van der Waals surface area contributed by atoms with Crippen molar-refractivity contribution >= 4 is 5.97 Å². The van der Waals surface area contributed by atoms with Gasteiger partial charge in [0.2, 0.25) is 0 Å². The van der Waals surface area contributed by atoms with Gasteiger partial charge in [0.25, 0.3) is 0 Å². The van der Waals surface area contributed by atoms with Gasteiger partial charge in [0, 0.05) is 0 Å². The third-order valence-electron chi connectivity index (χ3n) is 1.59. The van der Waals surface area contributed by atoms with Crippen LogP contribution in [-0.4, -0.2) is 18.8 Å². The van der Waals surface area contributed by atoms with Gasteiger partial charge in [-0.1, -0.05) is 30.3 Å². The Morgan fingerprint density at radius 1 is 1.20 bits per heavy atom. The van der Waals surface area contributed by atoms with Crippen molar-refractivity contribution in [3.8, 4) is 0 Å². The highest BCUT2D eigenvalue weighted by Gasteiger charge is 2.29. The summed E-state index contributed by atoms with van der Waals surface area (Å²) in [7, 11) is 0. The summed E-state index contributed by atoms with van der Waals surface area (Å²) in [5.74, 6) is -0.876. The fourth-order valence-corrected chi connectivity index (χ4v) is 0.976. The van der Waals surface area contributed by atoms with Crippen LogP contribution in [0.25, 0.3) is 0 Å². The Morgan fingerprint density at radius 2 is 1.80 bits per heavy atom. The number of rotatable bonds is 3. The molecule has 0 aliphatic rings. The summed E-state index contributed by atoms with van der Waals surface area (Å²) in [4.78, 5) is 10.9. The van der Waals surface area contributed by atoms with Gasteiger partial charge < -0.3 is 4.74 Å². The van der Waals surface area contributed by atoms with Gasteiger partial charge in [0.15, 0.2) is 6.61 Å². The average molecular weight is 218 g/mol. The molecule has 1 aromatic rings. The maximum absolute atomic E-state index is 11.7. The van der Waals surface area contributed by atoms with E-state index in [1.807, 2.05) is 0 Å². The van der Waals surface area contributed by atoms with Crippen molar-refractivity contribution < 1.29 is 22.7 Å². The minimum Gasteiger partial charge on any atom is -0.456 e. The van der Waals surface area contributed by atoms with Gasteiger partial charge in [0.1, 0.15) is 0 Å². The quantitative estimate of drug-likeness (QED) is 0.728. The molecule has 1 aromatic carbocycles. The van der Waals surface area contributed by atoms with Crippen molar-refractivity contribution in [2.45, 2.75) is 12.6 Å². The lowest BCUT2D eigenvalue weighted by molar-refractivity contribution is -0.185. The van der Waals surface area contributed by atoms with Crippen LogP contribution in [0.5, 0.6) is 0 Å². The second-order valence-electron chi connectivity index (χ2n) is 2.94. The zero-order chi connectivity index (χ0) is 11.3. The van der Waals surface area contributed by atoms with E-state index in [1.54, 1.807) is 30.3 Å². The first-order valence-electron chi connectivity index (χ1n) is 4.24. The average Bonchev–Trinajstić information content (AvgIpc) is 2.15. The van der Waals surface area contributed by atoms with Crippen molar-refractivity contribution in [1.82, 2.24) is 0 Å². The highest BCUT2D eigenvalue weighted by Crippen LogP contribution is 2.14. The van der Waals surface area contributed by atoms with E-state index in [1.165, 1.54) is 0 Å². The second kappa shape index (κ2) is 4.82. The monoisotopic (exact) mass is 218 g/mol. The van der Waals surface area contributed by atoms with Gasteiger partial charge in [-0.15, -0.1) is 0 Å². The number of benzene rings is 1. The summed E-state index contributed by atoms with van der Waals surface area (Å²) in [5, 5.41) is 0. The first kappa shape index (κ1) is 11.6. The number of carbonyl (C=O) groups is 1. The molecule has 0 aliphatic carbocycles. The van der Waals surface area contributed by atoms with E-state index in [0.717, 1.165) is 0 Å². The number of hydrogen-bond donors (Lipinski definition) is 0. The molecule has 0 spiro atoms. The number of hydrogen-bond acceptors (Lipinski definition) is 2. The highest BCUT2D eigenvalue weighted by atomic mass is 19.4. The molecule has 0 saturated carbocycles. The maximum atomic E-state index is 11.7. The molecule has 0 amide bonds. The summed E-state index contributed by atoms with van der Waals surface area (Å²) in [6.07, 6.45) is -4.61. The molecule has 82 valence electrons. The van der Waals surface area contributed by atoms with Gasteiger partial charge in [0.05, 0.1) is 6.42 Å². The Balaban J connectivity index is 2.38. The minimum absolute atomic E-state index is 0.142. The molecule has 0 aromatic heterocycles. The van der Waals surface area contributed by atoms with E-state index in [2.05, 4.69) is 4.74 Å². The van der Waals surface area contributed by atoms with Crippen LogP contribution in [0.15, 0.2) is 30.3 Å². The normalized spacial score (nSPS) is 11.1. The van der Waals surface area contributed by atoms with E-state index in [-0.39, 0.29) is 6.42 Å². The van der Waals surface area contributed by atoms with Gasteiger partial charge >= 0.3 is 12.1 Å². The minimum atomic E-state index is -4.47. The number of ether oxygens (including phenoxy) is 1. The predicted octanol–water partition coefficient (Wildman–Crippen LogP) is 2.33. The molecule has 2 nitrogen and oxygen atoms in total. The van der Waals surface area contributed by atoms with E-state index >= 15 is 0 Å². The van der Waals surface area contributed by atoms with Crippen molar-refractivity contribution in [2.24, 2.45) is 0 Å². The van der Waals surface area contributed by atoms with Crippen LogP contribution in [0.3, 0.4) is 0 Å².